The van der Waals surface area contributed by atoms with E-state index >= 15 is 0 Å². The van der Waals surface area contributed by atoms with Crippen LogP contribution in [0.5, 0.6) is 5.75 Å². The van der Waals surface area contributed by atoms with Crippen LogP contribution < -0.4 is 26.0 Å². The van der Waals surface area contributed by atoms with E-state index in [-0.39, 0.29) is 0 Å². The fourth-order valence-corrected chi connectivity index (χ4v) is 6.87. The van der Waals surface area contributed by atoms with E-state index in [9.17, 15) is 0 Å². The number of rotatable bonds is 3. The summed E-state index contributed by atoms with van der Waals surface area (Å²) in [5.41, 5.74) is 2.26. The highest BCUT2D eigenvalue weighted by atomic mass is 32.2. The van der Waals surface area contributed by atoms with Gasteiger partial charge >= 0.3 is 0 Å². The minimum atomic E-state index is 0.509. The third kappa shape index (κ3) is 6.98. The molecule has 2 heterocycles. The lowest BCUT2D eigenvalue weighted by Crippen LogP contribution is -2.53. The Kier molecular flexibility index (Phi) is 8.97. The van der Waals surface area contributed by atoms with Gasteiger partial charge in [0.25, 0.3) is 0 Å². The van der Waals surface area contributed by atoms with Crippen molar-refractivity contribution in [2.45, 2.75) is 98.4 Å². The maximum Gasteiger partial charge on any atom is 0.119 e. The molecule has 2 aliphatic carbocycles. The van der Waals surface area contributed by atoms with Crippen molar-refractivity contribution in [3.8, 4) is 5.75 Å². The van der Waals surface area contributed by atoms with Crippen molar-refractivity contribution in [3.05, 3.63) is 47.8 Å². The fourth-order valence-electron chi connectivity index (χ4n) is 5.89. The molecule has 190 valence electrons. The molecule has 7 heteroatoms. The second kappa shape index (κ2) is 12.5. The van der Waals surface area contributed by atoms with Gasteiger partial charge in [0.05, 0.1) is 18.5 Å². The van der Waals surface area contributed by atoms with Gasteiger partial charge in [-0.3, -0.25) is 4.98 Å². The lowest BCUT2D eigenvalue weighted by molar-refractivity contribution is 0.266. The topological polar surface area (TPSA) is 70.2 Å². The van der Waals surface area contributed by atoms with Gasteiger partial charge in [-0.15, -0.1) is 0 Å². The van der Waals surface area contributed by atoms with Gasteiger partial charge in [-0.25, -0.2) is 0 Å². The molecule has 4 N–H and O–H groups in total. The molecular formula is C28H41N5OS. The maximum atomic E-state index is 5.44. The first-order valence-electron chi connectivity index (χ1n) is 13.5. The summed E-state index contributed by atoms with van der Waals surface area (Å²) in [4.78, 5) is 7.52. The van der Waals surface area contributed by atoms with Crippen molar-refractivity contribution < 1.29 is 4.74 Å². The SMILES string of the molecule is COc1cccc(Sc2cc3nc(c2)CN[C@@H]2CCCC[C@H]2NCCNC2CCCCC2NC3)c1. The van der Waals surface area contributed by atoms with Crippen LogP contribution in [0.2, 0.25) is 0 Å². The van der Waals surface area contributed by atoms with Crippen molar-refractivity contribution in [1.29, 1.82) is 0 Å². The van der Waals surface area contributed by atoms with Crippen LogP contribution >= 0.6 is 11.8 Å². The number of aromatic nitrogens is 1. The van der Waals surface area contributed by atoms with E-state index in [1.165, 1.54) is 61.2 Å². The minimum Gasteiger partial charge on any atom is -0.497 e. The molecule has 1 aromatic heterocycles. The second-order valence-corrected chi connectivity index (χ2v) is 11.4. The van der Waals surface area contributed by atoms with Crippen LogP contribution in [0.15, 0.2) is 46.2 Å². The van der Waals surface area contributed by atoms with Crippen molar-refractivity contribution in [1.82, 2.24) is 26.3 Å². The zero-order valence-corrected chi connectivity index (χ0v) is 21.8. The maximum absolute atomic E-state index is 5.44. The number of nitrogens with zero attached hydrogens (tertiary/aromatic N) is 1. The highest BCUT2D eigenvalue weighted by molar-refractivity contribution is 7.99. The summed E-state index contributed by atoms with van der Waals surface area (Å²) in [6.07, 6.45) is 10.3. The van der Waals surface area contributed by atoms with Crippen molar-refractivity contribution in [2.24, 2.45) is 0 Å². The summed E-state index contributed by atoms with van der Waals surface area (Å²) in [5.74, 6) is 0.894. The third-order valence-corrected chi connectivity index (χ3v) is 8.70. The van der Waals surface area contributed by atoms with Crippen molar-refractivity contribution in [2.75, 3.05) is 20.2 Å². The lowest BCUT2D eigenvalue weighted by atomic mass is 9.89. The number of benzene rings is 1. The van der Waals surface area contributed by atoms with Crippen LogP contribution in [0.4, 0.5) is 0 Å². The number of methoxy groups -OCH3 is 1. The van der Waals surface area contributed by atoms with Crippen LogP contribution in [0.25, 0.3) is 0 Å². The molecule has 6 nitrogen and oxygen atoms in total. The van der Waals surface area contributed by atoms with E-state index in [0.29, 0.717) is 24.2 Å². The van der Waals surface area contributed by atoms with E-state index in [4.69, 9.17) is 9.72 Å². The third-order valence-electron chi connectivity index (χ3n) is 7.74. The molecule has 3 aliphatic rings. The standard InChI is InChI=1S/C28H41N5OS/c1-34-22-7-6-8-23(17-22)35-24-15-20-18-31-27-11-4-2-9-25(27)29-13-14-30-26-10-3-5-12-28(26)32-19-21(16-24)33-20/h6-8,15-17,25-32H,2-5,9-14,18-19H2,1H3/t25-,26?,27-,28?/m1/s1. The Hall–Kier alpha value is -1.64. The minimum absolute atomic E-state index is 0.509. The van der Waals surface area contributed by atoms with Crippen LogP contribution in [0.1, 0.15) is 62.8 Å². The Morgan fingerprint density at radius 2 is 1.26 bits per heavy atom. The molecule has 2 aromatic rings. The molecule has 0 radical (unpaired) electrons. The number of nitrogens with one attached hydrogen (secondary N) is 4. The Labute approximate surface area is 214 Å². The molecule has 0 spiro atoms. The first-order valence-corrected chi connectivity index (χ1v) is 14.3. The largest absolute Gasteiger partial charge is 0.497 e. The molecule has 1 aliphatic heterocycles. The highest BCUT2D eigenvalue weighted by Gasteiger charge is 2.27. The summed E-state index contributed by atoms with van der Waals surface area (Å²) in [6.45, 7) is 3.71. The Balaban J connectivity index is 1.38. The predicted octanol–water partition coefficient (Wildman–Crippen LogP) is 4.24. The van der Waals surface area contributed by atoms with Crippen molar-refractivity contribution >= 4 is 11.8 Å². The second-order valence-electron chi connectivity index (χ2n) is 10.2. The van der Waals surface area contributed by atoms with Crippen LogP contribution in [0.3, 0.4) is 0 Å². The molecule has 2 saturated carbocycles. The number of fused-ring (bicyclic) bond motifs is 4. The molecule has 2 unspecified atom stereocenters. The van der Waals surface area contributed by atoms with Gasteiger partial charge < -0.3 is 26.0 Å². The molecule has 4 atom stereocenters. The summed E-state index contributed by atoms with van der Waals surface area (Å²) in [5, 5.41) is 15.5. The van der Waals surface area contributed by atoms with E-state index < -0.39 is 0 Å². The summed E-state index contributed by atoms with van der Waals surface area (Å²) in [7, 11) is 1.72. The van der Waals surface area contributed by atoms with Crippen LogP contribution in [-0.4, -0.2) is 49.4 Å². The van der Waals surface area contributed by atoms with Gasteiger partial charge in [-0.2, -0.15) is 0 Å². The van der Waals surface area contributed by atoms with Gasteiger partial charge in [-0.1, -0.05) is 43.5 Å². The average Bonchev–Trinajstić information content (AvgIpc) is 2.90. The van der Waals surface area contributed by atoms with Gasteiger partial charge in [0, 0.05) is 60.1 Å². The molecule has 0 saturated heterocycles. The van der Waals surface area contributed by atoms with Gasteiger partial charge in [0.2, 0.25) is 0 Å². The molecule has 2 bridgehead atoms. The normalized spacial score (nSPS) is 28.1. The summed E-state index contributed by atoms with van der Waals surface area (Å²) in [6, 6.07) is 14.9. The van der Waals surface area contributed by atoms with E-state index in [1.807, 2.05) is 6.07 Å². The van der Waals surface area contributed by atoms with E-state index in [1.54, 1.807) is 18.9 Å². The fraction of sp³-hybridized carbons (Fsp3) is 0.607. The molecule has 2 fully saturated rings. The quantitative estimate of drug-likeness (QED) is 0.508. The molecule has 5 rings (SSSR count). The van der Waals surface area contributed by atoms with E-state index in [0.717, 1.165) is 43.3 Å². The Morgan fingerprint density at radius 1 is 0.714 bits per heavy atom. The van der Waals surface area contributed by atoms with E-state index in [2.05, 4.69) is 51.6 Å². The lowest BCUT2D eigenvalue weighted by Gasteiger charge is -2.34. The highest BCUT2D eigenvalue weighted by Crippen LogP contribution is 2.31. The molecule has 35 heavy (non-hydrogen) atoms. The Morgan fingerprint density at radius 3 is 1.80 bits per heavy atom. The van der Waals surface area contributed by atoms with Crippen LogP contribution in [0, 0.1) is 0 Å². The molecule has 0 amide bonds. The Bertz CT molecular complexity index is 908. The van der Waals surface area contributed by atoms with Gasteiger partial charge in [0.15, 0.2) is 0 Å². The summed E-state index contributed by atoms with van der Waals surface area (Å²) >= 11 is 1.79. The van der Waals surface area contributed by atoms with Gasteiger partial charge in [0.1, 0.15) is 5.75 Å². The zero-order chi connectivity index (χ0) is 23.9. The molecular weight excluding hydrogens is 454 g/mol. The summed E-state index contributed by atoms with van der Waals surface area (Å²) < 4.78 is 5.44. The predicted molar refractivity (Wildman–Crippen MR) is 143 cm³/mol. The van der Waals surface area contributed by atoms with Crippen molar-refractivity contribution in [3.63, 3.8) is 0 Å². The first kappa shape index (κ1) is 25.0. The monoisotopic (exact) mass is 495 g/mol. The number of hydrogen-bond acceptors (Lipinski definition) is 7. The first-order chi connectivity index (χ1) is 17.3. The zero-order valence-electron chi connectivity index (χ0n) is 21.0. The van der Waals surface area contributed by atoms with Crippen LogP contribution in [-0.2, 0) is 13.1 Å². The van der Waals surface area contributed by atoms with Gasteiger partial charge in [-0.05, 0) is 56.0 Å². The molecule has 1 aromatic carbocycles. The average molecular weight is 496 g/mol. The smallest absolute Gasteiger partial charge is 0.119 e. The number of ether oxygens (including phenoxy) is 1. The number of pyridine rings is 1. The number of hydrogen-bond donors (Lipinski definition) is 4.